The lowest BCUT2D eigenvalue weighted by Gasteiger charge is -2.16. The quantitative estimate of drug-likeness (QED) is 0.843. The molecular weight excluding hydrogens is 315 g/mol. The molecule has 2 rings (SSSR count). The maximum atomic E-state index is 12.1. The number of methoxy groups -OCH3 is 1. The molecule has 0 aliphatic rings. The maximum Gasteiger partial charge on any atom is 0.573 e. The molecule has 0 saturated heterocycles. The number of hydrogen-bond donors (Lipinski definition) is 0. The Morgan fingerprint density at radius 3 is 2.35 bits per heavy atom. The van der Waals surface area contributed by atoms with Crippen LogP contribution in [0.3, 0.4) is 0 Å². The van der Waals surface area contributed by atoms with E-state index in [2.05, 4.69) is 4.74 Å². The van der Waals surface area contributed by atoms with Gasteiger partial charge in [0.2, 0.25) is 0 Å². The van der Waals surface area contributed by atoms with Gasteiger partial charge in [-0.15, -0.1) is 13.2 Å². The molecule has 0 bridgehead atoms. The second-order valence-electron chi connectivity index (χ2n) is 4.68. The number of rotatable bonds is 5. The zero-order valence-electron chi connectivity index (χ0n) is 12.4. The van der Waals surface area contributed by atoms with Gasteiger partial charge in [0, 0.05) is 19.7 Å². The van der Waals surface area contributed by atoms with Crippen LogP contribution in [0.25, 0.3) is 0 Å². The van der Waals surface area contributed by atoms with Gasteiger partial charge >= 0.3 is 6.36 Å². The average molecular weight is 329 g/mol. The molecule has 23 heavy (non-hydrogen) atoms. The molecule has 0 aliphatic heterocycles. The summed E-state index contributed by atoms with van der Waals surface area (Å²) in [6.07, 6.45) is -4.73. The number of benzene rings is 1. The van der Waals surface area contributed by atoms with Gasteiger partial charge in [0.05, 0.1) is 7.11 Å². The Kier molecular flexibility index (Phi) is 4.83. The molecule has 1 aromatic carbocycles. The Morgan fingerprint density at radius 1 is 1.17 bits per heavy atom. The Hall–Kier alpha value is -2.64. The lowest BCUT2D eigenvalue weighted by molar-refractivity contribution is -0.274. The van der Waals surface area contributed by atoms with Gasteiger partial charge in [-0.2, -0.15) is 0 Å². The molecule has 1 aromatic heterocycles. The first kappa shape index (κ1) is 16.7. The van der Waals surface area contributed by atoms with Crippen molar-refractivity contribution in [3.63, 3.8) is 0 Å². The number of ether oxygens (including phenoxy) is 2. The van der Waals surface area contributed by atoms with Gasteiger partial charge < -0.3 is 18.8 Å². The van der Waals surface area contributed by atoms with E-state index in [0.717, 1.165) is 0 Å². The van der Waals surface area contributed by atoms with Crippen LogP contribution in [0.2, 0.25) is 0 Å². The van der Waals surface area contributed by atoms with E-state index in [9.17, 15) is 18.0 Å². The first-order valence-electron chi connectivity index (χ1n) is 6.52. The Bertz CT molecular complexity index is 664. The lowest BCUT2D eigenvalue weighted by Crippen LogP contribution is -2.25. The molecule has 1 amide bonds. The van der Waals surface area contributed by atoms with Gasteiger partial charge in [-0.25, -0.2) is 0 Å². The van der Waals surface area contributed by atoms with Crippen LogP contribution in [-0.2, 0) is 6.54 Å². The fourth-order valence-electron chi connectivity index (χ4n) is 1.88. The van der Waals surface area contributed by atoms with Crippen LogP contribution in [0.4, 0.5) is 13.2 Å². The molecule has 0 saturated carbocycles. The summed E-state index contributed by atoms with van der Waals surface area (Å²) in [6.45, 7) is 0.203. The highest BCUT2D eigenvalue weighted by atomic mass is 19.4. The Labute approximate surface area is 130 Å². The molecule has 0 N–H and O–H groups in total. The summed E-state index contributed by atoms with van der Waals surface area (Å²) in [5.41, 5.74) is 0.647. The van der Waals surface area contributed by atoms with Crippen LogP contribution < -0.4 is 9.47 Å². The molecule has 2 aromatic rings. The van der Waals surface area contributed by atoms with Crippen LogP contribution in [0.1, 0.15) is 16.1 Å². The van der Waals surface area contributed by atoms with Gasteiger partial charge in [0.1, 0.15) is 5.75 Å². The summed E-state index contributed by atoms with van der Waals surface area (Å²) in [5.74, 6) is -0.355. The van der Waals surface area contributed by atoms with E-state index in [1.165, 1.54) is 48.4 Å². The van der Waals surface area contributed by atoms with Crippen LogP contribution in [-0.4, -0.2) is 31.3 Å². The fourth-order valence-corrected chi connectivity index (χ4v) is 1.88. The fraction of sp³-hybridized carbons (Fsp3) is 0.267. The van der Waals surface area contributed by atoms with Gasteiger partial charge in [-0.3, -0.25) is 4.79 Å². The van der Waals surface area contributed by atoms with E-state index in [0.29, 0.717) is 5.56 Å². The predicted molar refractivity (Wildman–Crippen MR) is 74.2 cm³/mol. The summed E-state index contributed by atoms with van der Waals surface area (Å²) in [5, 5.41) is 0. The highest BCUT2D eigenvalue weighted by Crippen LogP contribution is 2.23. The molecule has 0 spiro atoms. The van der Waals surface area contributed by atoms with Crippen LogP contribution in [0.15, 0.2) is 40.8 Å². The third kappa shape index (κ3) is 4.67. The molecule has 0 atom stereocenters. The van der Waals surface area contributed by atoms with Gasteiger partial charge in [0.15, 0.2) is 5.76 Å². The van der Waals surface area contributed by atoms with Crippen molar-refractivity contribution in [3.8, 4) is 11.7 Å². The highest BCUT2D eigenvalue weighted by molar-refractivity contribution is 5.91. The largest absolute Gasteiger partial charge is 0.573 e. The van der Waals surface area contributed by atoms with Crippen LogP contribution in [0.5, 0.6) is 11.7 Å². The number of amides is 1. The van der Waals surface area contributed by atoms with E-state index in [1.807, 2.05) is 0 Å². The molecule has 8 heteroatoms. The number of furan rings is 1. The summed E-state index contributed by atoms with van der Waals surface area (Å²) in [7, 11) is 2.97. The van der Waals surface area contributed by atoms with Gasteiger partial charge in [-0.1, -0.05) is 12.1 Å². The van der Waals surface area contributed by atoms with Crippen molar-refractivity contribution < 1.29 is 31.9 Å². The average Bonchev–Trinajstić information content (AvgIpc) is 2.96. The molecule has 0 fully saturated rings. The highest BCUT2D eigenvalue weighted by Gasteiger charge is 2.31. The number of alkyl halides is 3. The number of halogens is 3. The first-order valence-corrected chi connectivity index (χ1v) is 6.52. The Balaban J connectivity index is 1.99. The van der Waals surface area contributed by atoms with E-state index in [4.69, 9.17) is 9.15 Å². The number of nitrogens with zero attached hydrogens (tertiary/aromatic N) is 1. The smallest absolute Gasteiger partial charge is 0.468 e. The topological polar surface area (TPSA) is 51.9 Å². The van der Waals surface area contributed by atoms with E-state index < -0.39 is 6.36 Å². The minimum absolute atomic E-state index is 0.112. The van der Waals surface area contributed by atoms with Crippen molar-refractivity contribution in [2.45, 2.75) is 12.9 Å². The summed E-state index contributed by atoms with van der Waals surface area (Å²) < 4.78 is 50.0. The molecule has 1 heterocycles. The summed E-state index contributed by atoms with van der Waals surface area (Å²) >= 11 is 0. The van der Waals surface area contributed by atoms with Crippen molar-refractivity contribution in [3.05, 3.63) is 47.7 Å². The zero-order valence-corrected chi connectivity index (χ0v) is 12.4. The van der Waals surface area contributed by atoms with Crippen molar-refractivity contribution in [1.29, 1.82) is 0 Å². The number of carbonyl (C=O) groups excluding carboxylic acids is 1. The molecule has 5 nitrogen and oxygen atoms in total. The lowest BCUT2D eigenvalue weighted by atomic mass is 10.2. The standard InChI is InChI=1S/C15H14F3NO4/c1-19(14(20)12-7-8-13(21-2)22-12)9-10-3-5-11(6-4-10)23-15(16,17)18/h3-8H,9H2,1-2H3. The third-order valence-electron chi connectivity index (χ3n) is 2.92. The van der Waals surface area contributed by atoms with Crippen molar-refractivity contribution >= 4 is 5.91 Å². The summed E-state index contributed by atoms with van der Waals surface area (Å²) in [6, 6.07) is 8.29. The first-order chi connectivity index (χ1) is 10.8. The SMILES string of the molecule is COc1ccc(C(=O)N(C)Cc2ccc(OC(F)(F)F)cc2)o1. The Morgan fingerprint density at radius 2 is 1.83 bits per heavy atom. The molecule has 0 unspecified atom stereocenters. The van der Waals surface area contributed by atoms with Crippen molar-refractivity contribution in [2.75, 3.05) is 14.2 Å². The molecule has 0 radical (unpaired) electrons. The van der Waals surface area contributed by atoms with Crippen molar-refractivity contribution in [1.82, 2.24) is 4.90 Å². The second kappa shape index (κ2) is 6.64. The zero-order chi connectivity index (χ0) is 17.0. The van der Waals surface area contributed by atoms with Crippen LogP contribution in [0, 0.1) is 0 Å². The van der Waals surface area contributed by atoms with E-state index >= 15 is 0 Å². The van der Waals surface area contributed by atoms with E-state index in [1.54, 1.807) is 7.05 Å². The third-order valence-corrected chi connectivity index (χ3v) is 2.92. The van der Waals surface area contributed by atoms with E-state index in [-0.39, 0.29) is 29.9 Å². The normalized spacial score (nSPS) is 11.2. The molecular formula is C15H14F3NO4. The van der Waals surface area contributed by atoms with Crippen molar-refractivity contribution in [2.24, 2.45) is 0 Å². The minimum Gasteiger partial charge on any atom is -0.468 e. The monoisotopic (exact) mass is 329 g/mol. The van der Waals surface area contributed by atoms with Crippen LogP contribution >= 0.6 is 0 Å². The van der Waals surface area contributed by atoms with Gasteiger partial charge in [-0.05, 0) is 23.8 Å². The van der Waals surface area contributed by atoms with Gasteiger partial charge in [0.25, 0.3) is 11.9 Å². The molecule has 124 valence electrons. The number of hydrogen-bond acceptors (Lipinski definition) is 4. The minimum atomic E-state index is -4.73. The second-order valence-corrected chi connectivity index (χ2v) is 4.68. The summed E-state index contributed by atoms with van der Waals surface area (Å²) in [4.78, 5) is 13.5. The molecule has 0 aliphatic carbocycles. The maximum absolute atomic E-state index is 12.1. The number of carbonyl (C=O) groups is 1. The predicted octanol–water partition coefficient (Wildman–Crippen LogP) is 3.46.